The van der Waals surface area contributed by atoms with E-state index in [1.165, 1.54) is 5.56 Å². The Morgan fingerprint density at radius 1 is 0.762 bits per heavy atom. The van der Waals surface area contributed by atoms with E-state index in [0.29, 0.717) is 35.8 Å². The fraction of sp³-hybridized carbons (Fsp3) is 0.864. The average molecular weight is 931 g/mol. The molecule has 0 amide bonds. The fourth-order valence-corrected chi connectivity index (χ4v) is 12.3. The summed E-state index contributed by atoms with van der Waals surface area (Å²) in [5, 5.41) is 84.0. The van der Waals surface area contributed by atoms with Crippen LogP contribution in [0.1, 0.15) is 114 Å². The van der Waals surface area contributed by atoms with Crippen LogP contribution in [0.2, 0.25) is 0 Å². The Labute approximate surface area is 367 Å². The van der Waals surface area contributed by atoms with E-state index in [1.807, 2.05) is 6.07 Å². The van der Waals surface area contributed by atoms with E-state index in [-0.39, 0.29) is 23.0 Å². The number of benzene rings is 1. The quantitative estimate of drug-likeness (QED) is 0.0688. The lowest BCUT2D eigenvalue weighted by molar-refractivity contribution is -0.352. The maximum atomic E-state index is 13.1. The van der Waals surface area contributed by atoms with Crippen LogP contribution in [0, 0.1) is 23.2 Å². The lowest BCUT2D eigenvalue weighted by Gasteiger charge is -2.53. The molecule has 1 unspecified atom stereocenters. The second-order valence-corrected chi connectivity index (χ2v) is 20.5. The van der Waals surface area contributed by atoms with Crippen molar-refractivity contribution in [3.8, 4) is 5.75 Å². The smallest absolute Gasteiger partial charge is 0.453 e. The molecule has 2 saturated heterocycles. The van der Waals surface area contributed by atoms with Crippen LogP contribution < -0.4 is 4.74 Å². The number of ether oxygens (including phenoxy) is 4. The SMILES string of the molecule is C[C@]12CC[C@@H]3c4ccc(O[C@@H]5O[C@H](CO)[C@@H](O[C@@H]6O[C@H](CO)[C@@H](O)[C@H](O)[C@H]6O)[C@H](O)[C@H]5O)cc4C[C@@H](CCCCCCCCCS(=O)CCCC(F)(F)C(F)(F)F)[C@H]3[C@@H]1CC[C@@H]2O. The fourth-order valence-electron chi connectivity index (χ4n) is 11.1. The van der Waals surface area contributed by atoms with Gasteiger partial charge in [-0.25, -0.2) is 0 Å². The summed E-state index contributed by atoms with van der Waals surface area (Å²) in [6.45, 7) is 0.840. The first-order valence-corrected chi connectivity index (χ1v) is 24.2. The summed E-state index contributed by atoms with van der Waals surface area (Å²) in [5.41, 5.74) is 2.21. The van der Waals surface area contributed by atoms with Crippen molar-refractivity contribution in [1.82, 2.24) is 0 Å². The third-order valence-electron chi connectivity index (χ3n) is 14.8. The van der Waals surface area contributed by atoms with E-state index < -0.39 is 110 Å². The Balaban J connectivity index is 1.02. The molecule has 5 aliphatic rings. The molecule has 362 valence electrons. The summed E-state index contributed by atoms with van der Waals surface area (Å²) in [7, 11) is -1.43. The molecule has 0 radical (unpaired) electrons. The minimum atomic E-state index is -5.59. The maximum Gasteiger partial charge on any atom is 0.453 e. The Morgan fingerprint density at radius 2 is 1.40 bits per heavy atom. The van der Waals surface area contributed by atoms with Gasteiger partial charge in [0.1, 0.15) is 54.6 Å². The molecule has 0 aromatic heterocycles. The molecular formula is C44H67F5O13S. The highest BCUT2D eigenvalue weighted by Gasteiger charge is 2.58. The van der Waals surface area contributed by atoms with Crippen molar-refractivity contribution in [2.24, 2.45) is 23.2 Å². The number of aliphatic hydroxyl groups is 8. The Morgan fingerprint density at radius 3 is 2.08 bits per heavy atom. The van der Waals surface area contributed by atoms with Gasteiger partial charge in [-0.05, 0) is 104 Å². The normalized spacial score (nSPS) is 38.7. The Kier molecular flexibility index (Phi) is 17.4. The number of alkyl halides is 5. The molecule has 19 heteroatoms. The van der Waals surface area contributed by atoms with Crippen LogP contribution in [0.15, 0.2) is 18.2 Å². The standard InChI is InChI=1S/C44H67F5O13S/c1-42-17-15-28-27-12-11-26(59-40-38(57)36(55)39(31(23-51)61-40)62-41-37(56)35(54)34(53)30(22-50)60-41)21-25(27)20-24(33(28)29(42)13-14-32(42)52)10-7-5-3-2-4-6-8-18-63(58)19-9-16-43(45,46)44(47,48)49/h11-12,21,24,28-41,50-57H,2-10,13-20,22-23H2,1H3/t24-,28-,29+,30-,31-,32+,33-,34-,35+,36-,37-,38-,39-,40-,41+,42+,63?/m1/s1. The van der Waals surface area contributed by atoms with Crippen LogP contribution in [0.4, 0.5) is 22.0 Å². The summed E-state index contributed by atoms with van der Waals surface area (Å²) in [5.74, 6) is -2.85. The highest BCUT2D eigenvalue weighted by molar-refractivity contribution is 7.84. The zero-order chi connectivity index (χ0) is 45.9. The van der Waals surface area contributed by atoms with Gasteiger partial charge >= 0.3 is 12.1 Å². The molecule has 1 aromatic carbocycles. The Bertz CT molecular complexity index is 1640. The first-order chi connectivity index (χ1) is 29.8. The molecule has 2 saturated carbocycles. The lowest BCUT2D eigenvalue weighted by Crippen LogP contribution is -2.65. The number of halogens is 5. The number of rotatable bonds is 20. The van der Waals surface area contributed by atoms with Gasteiger partial charge in [-0.15, -0.1) is 0 Å². The van der Waals surface area contributed by atoms with Crippen molar-refractivity contribution < 1.29 is 86.0 Å². The number of aliphatic hydroxyl groups excluding tert-OH is 8. The van der Waals surface area contributed by atoms with E-state index in [4.69, 9.17) is 18.9 Å². The molecule has 0 bridgehead atoms. The predicted octanol–water partition coefficient (Wildman–Crippen LogP) is 3.98. The van der Waals surface area contributed by atoms with Crippen LogP contribution in [0.25, 0.3) is 0 Å². The minimum absolute atomic E-state index is 0.138. The van der Waals surface area contributed by atoms with Crippen molar-refractivity contribution in [3.63, 3.8) is 0 Å². The molecule has 8 N–H and O–H groups in total. The first kappa shape index (κ1) is 50.8. The molecule has 4 fully saturated rings. The van der Waals surface area contributed by atoms with Gasteiger partial charge in [0.2, 0.25) is 6.29 Å². The van der Waals surface area contributed by atoms with E-state index in [0.717, 1.165) is 82.6 Å². The second kappa shape index (κ2) is 21.6. The molecule has 1 aromatic rings. The van der Waals surface area contributed by atoms with E-state index in [1.54, 1.807) is 6.07 Å². The molecule has 2 aliphatic heterocycles. The summed E-state index contributed by atoms with van der Waals surface area (Å²) in [6.07, 6.45) is -11.7. The van der Waals surface area contributed by atoms with Crippen LogP contribution >= 0.6 is 0 Å². The van der Waals surface area contributed by atoms with E-state index in [2.05, 4.69) is 13.0 Å². The highest BCUT2D eigenvalue weighted by Crippen LogP contribution is 2.63. The zero-order valence-electron chi connectivity index (χ0n) is 35.7. The van der Waals surface area contributed by atoms with Crippen molar-refractivity contribution in [3.05, 3.63) is 29.3 Å². The van der Waals surface area contributed by atoms with Crippen molar-refractivity contribution in [1.29, 1.82) is 0 Å². The highest BCUT2D eigenvalue weighted by atomic mass is 32.2. The largest absolute Gasteiger partial charge is 0.462 e. The summed E-state index contributed by atoms with van der Waals surface area (Å²) in [4.78, 5) is 0. The van der Waals surface area contributed by atoms with Crippen molar-refractivity contribution in [2.75, 3.05) is 24.7 Å². The Hall–Kier alpha value is -1.62. The summed E-state index contributed by atoms with van der Waals surface area (Å²) >= 11 is 0. The van der Waals surface area contributed by atoms with Crippen LogP contribution in [-0.2, 0) is 31.4 Å². The third kappa shape index (κ3) is 11.4. The average Bonchev–Trinajstić information content (AvgIpc) is 3.55. The van der Waals surface area contributed by atoms with E-state index >= 15 is 0 Å². The number of fused-ring (bicyclic) bond motifs is 5. The molecule has 63 heavy (non-hydrogen) atoms. The third-order valence-corrected chi connectivity index (χ3v) is 16.2. The van der Waals surface area contributed by atoms with E-state index in [9.17, 15) is 67.0 Å². The van der Waals surface area contributed by atoms with Crippen molar-refractivity contribution >= 4 is 10.8 Å². The molecule has 13 nitrogen and oxygen atoms in total. The van der Waals surface area contributed by atoms with Crippen molar-refractivity contribution in [2.45, 2.75) is 189 Å². The van der Waals surface area contributed by atoms with Gasteiger partial charge in [0, 0.05) is 28.7 Å². The lowest BCUT2D eigenvalue weighted by atomic mass is 9.52. The molecule has 2 heterocycles. The maximum absolute atomic E-state index is 13.1. The number of unbranched alkanes of at least 4 members (excludes halogenated alkanes) is 6. The van der Waals surface area contributed by atoms with Gasteiger partial charge in [-0.3, -0.25) is 4.21 Å². The summed E-state index contributed by atoms with van der Waals surface area (Å²) in [6, 6.07) is 5.79. The van der Waals surface area contributed by atoms with Gasteiger partial charge in [0.15, 0.2) is 6.29 Å². The number of hydrogen-bond donors (Lipinski definition) is 8. The van der Waals surface area contributed by atoms with Gasteiger partial charge in [0.05, 0.1) is 19.3 Å². The number of hydrogen-bond acceptors (Lipinski definition) is 13. The van der Waals surface area contributed by atoms with Gasteiger partial charge in [-0.2, -0.15) is 22.0 Å². The van der Waals surface area contributed by atoms with Crippen LogP contribution in [0.5, 0.6) is 5.75 Å². The van der Waals surface area contributed by atoms with Crippen LogP contribution in [-0.4, -0.2) is 149 Å². The molecular weight excluding hydrogens is 864 g/mol. The van der Waals surface area contributed by atoms with Gasteiger partial charge < -0.3 is 59.8 Å². The van der Waals surface area contributed by atoms with Gasteiger partial charge in [-0.1, -0.05) is 51.5 Å². The van der Waals surface area contributed by atoms with Crippen LogP contribution in [0.3, 0.4) is 0 Å². The molecule has 17 atom stereocenters. The minimum Gasteiger partial charge on any atom is -0.462 e. The second-order valence-electron chi connectivity index (χ2n) is 18.8. The molecule has 3 aliphatic carbocycles. The molecule has 0 spiro atoms. The monoisotopic (exact) mass is 930 g/mol. The predicted molar refractivity (Wildman–Crippen MR) is 218 cm³/mol. The van der Waals surface area contributed by atoms with Gasteiger partial charge in [0.25, 0.3) is 0 Å². The molecule has 6 rings (SSSR count). The summed E-state index contributed by atoms with van der Waals surface area (Å²) < 4.78 is 98.6. The zero-order valence-corrected chi connectivity index (χ0v) is 36.6. The topological polar surface area (TPSA) is 216 Å². The first-order valence-electron chi connectivity index (χ1n) is 22.7.